The molecule has 4 rings (SSSR count). The van der Waals surface area contributed by atoms with E-state index in [1.54, 1.807) is 0 Å². The minimum Gasteiger partial charge on any atom is -0.486 e. The fourth-order valence-electron chi connectivity index (χ4n) is 4.07. The van der Waals surface area contributed by atoms with Gasteiger partial charge in [0, 0.05) is 14.1 Å². The van der Waals surface area contributed by atoms with Crippen molar-refractivity contribution in [2.45, 2.75) is 38.1 Å². The van der Waals surface area contributed by atoms with Gasteiger partial charge in [0.1, 0.15) is 23.7 Å². The van der Waals surface area contributed by atoms with E-state index < -0.39 is 17.0 Å². The van der Waals surface area contributed by atoms with Crippen LogP contribution in [0.5, 0.6) is 5.75 Å². The van der Waals surface area contributed by atoms with E-state index >= 15 is 0 Å². The Morgan fingerprint density at radius 2 is 1.71 bits per heavy atom. The number of benzene rings is 2. The minimum atomic E-state index is -0.724. The van der Waals surface area contributed by atoms with Gasteiger partial charge in [0.2, 0.25) is 0 Å². The second kappa shape index (κ2) is 11.5. The summed E-state index contributed by atoms with van der Waals surface area (Å²) in [6.45, 7) is 4.29. The van der Waals surface area contributed by atoms with E-state index in [-0.39, 0.29) is 29.8 Å². The van der Waals surface area contributed by atoms with Crippen LogP contribution in [0.1, 0.15) is 47.2 Å². The Morgan fingerprint density at radius 1 is 1.03 bits per heavy atom. The van der Waals surface area contributed by atoms with Gasteiger partial charge in [0.15, 0.2) is 16.8 Å². The zero-order valence-corrected chi connectivity index (χ0v) is 22.6. The molecular formula is C27H30N6O4S. The van der Waals surface area contributed by atoms with Crippen LogP contribution in [-0.2, 0) is 27.1 Å². The molecule has 4 aromatic rings. The lowest BCUT2D eigenvalue weighted by Crippen LogP contribution is -2.41. The van der Waals surface area contributed by atoms with Crippen LogP contribution >= 0.6 is 11.8 Å². The summed E-state index contributed by atoms with van der Waals surface area (Å²) in [6, 6.07) is 17.6. The lowest BCUT2D eigenvalue weighted by Gasteiger charge is -2.19. The lowest BCUT2D eigenvalue weighted by molar-refractivity contribution is 0.102. The predicted octanol–water partition coefficient (Wildman–Crippen LogP) is 2.98. The molecular weight excluding hydrogens is 504 g/mol. The van der Waals surface area contributed by atoms with Crippen LogP contribution in [0.2, 0.25) is 0 Å². The van der Waals surface area contributed by atoms with Crippen molar-refractivity contribution in [3.8, 4) is 5.75 Å². The number of anilines is 1. The second-order valence-electron chi connectivity index (χ2n) is 8.82. The van der Waals surface area contributed by atoms with Crippen molar-refractivity contribution < 1.29 is 9.53 Å². The average molecular weight is 535 g/mol. The number of nitrogen functional groups attached to an aromatic ring is 1. The number of hydrogen-bond acceptors (Lipinski definition) is 8. The Morgan fingerprint density at radius 3 is 2.37 bits per heavy atom. The van der Waals surface area contributed by atoms with Crippen LogP contribution in [0.3, 0.4) is 0 Å². The third-order valence-electron chi connectivity index (χ3n) is 6.43. The van der Waals surface area contributed by atoms with Gasteiger partial charge >= 0.3 is 5.69 Å². The summed E-state index contributed by atoms with van der Waals surface area (Å²) in [4.78, 5) is 37.8. The van der Waals surface area contributed by atoms with Gasteiger partial charge in [0.25, 0.3) is 5.56 Å². The third kappa shape index (κ3) is 5.42. The summed E-state index contributed by atoms with van der Waals surface area (Å²) >= 11 is 1.15. The molecule has 0 radical (unpaired) electrons. The first-order valence-corrected chi connectivity index (χ1v) is 13.1. The predicted molar refractivity (Wildman–Crippen MR) is 147 cm³/mol. The van der Waals surface area contributed by atoms with E-state index in [9.17, 15) is 14.4 Å². The number of rotatable bonds is 10. The fourth-order valence-corrected chi connectivity index (χ4v) is 4.97. The molecule has 0 aliphatic carbocycles. The topological polar surface area (TPSA) is 127 Å². The van der Waals surface area contributed by atoms with Crippen molar-refractivity contribution in [2.24, 2.45) is 14.1 Å². The SMILES string of the molecule is CCc1ccc(OCc2nnc(SCC(=O)c3c(N)n(C)c(=O)n(C)c3=O)n2[C@H](C)c2ccccc2)cc1. The lowest BCUT2D eigenvalue weighted by atomic mass is 10.1. The first-order valence-electron chi connectivity index (χ1n) is 12.1. The highest BCUT2D eigenvalue weighted by Gasteiger charge is 2.24. The smallest absolute Gasteiger partial charge is 0.332 e. The first kappa shape index (κ1) is 26.9. The molecule has 2 heterocycles. The highest BCUT2D eigenvalue weighted by atomic mass is 32.2. The van der Waals surface area contributed by atoms with Gasteiger partial charge in [-0.3, -0.25) is 23.3 Å². The molecule has 2 aromatic heterocycles. The number of thioether (sulfide) groups is 1. The zero-order chi connectivity index (χ0) is 27.4. The van der Waals surface area contributed by atoms with Gasteiger partial charge in [-0.25, -0.2) is 4.79 Å². The zero-order valence-electron chi connectivity index (χ0n) is 21.7. The molecule has 1 atom stereocenters. The Balaban J connectivity index is 1.61. The highest BCUT2D eigenvalue weighted by Crippen LogP contribution is 2.28. The van der Waals surface area contributed by atoms with Gasteiger partial charge in [-0.1, -0.05) is 61.2 Å². The van der Waals surface area contributed by atoms with Crippen molar-refractivity contribution in [1.82, 2.24) is 23.9 Å². The van der Waals surface area contributed by atoms with Crippen molar-refractivity contribution in [1.29, 1.82) is 0 Å². The number of aryl methyl sites for hydroxylation is 1. The molecule has 0 saturated carbocycles. The van der Waals surface area contributed by atoms with Crippen LogP contribution in [0, 0.1) is 0 Å². The molecule has 0 spiro atoms. The van der Waals surface area contributed by atoms with Gasteiger partial charge in [-0.05, 0) is 36.6 Å². The summed E-state index contributed by atoms with van der Waals surface area (Å²) < 4.78 is 9.89. The molecule has 0 saturated heterocycles. The van der Waals surface area contributed by atoms with E-state index in [4.69, 9.17) is 10.5 Å². The number of hydrogen-bond donors (Lipinski definition) is 1. The maximum atomic E-state index is 13.1. The number of nitrogens with two attached hydrogens (primary N) is 1. The van der Waals surface area contributed by atoms with Crippen LogP contribution in [0.4, 0.5) is 5.82 Å². The summed E-state index contributed by atoms with van der Waals surface area (Å²) in [7, 11) is 2.73. The van der Waals surface area contributed by atoms with E-state index in [2.05, 4.69) is 17.1 Å². The van der Waals surface area contributed by atoms with E-state index in [0.29, 0.717) is 11.0 Å². The molecule has 0 aliphatic rings. The van der Waals surface area contributed by atoms with Crippen molar-refractivity contribution >= 4 is 23.4 Å². The molecule has 0 aliphatic heterocycles. The monoisotopic (exact) mass is 534 g/mol. The summed E-state index contributed by atoms with van der Waals surface area (Å²) in [5.41, 5.74) is 6.68. The summed E-state index contributed by atoms with van der Waals surface area (Å²) in [5, 5.41) is 9.19. The van der Waals surface area contributed by atoms with Crippen LogP contribution in [-0.4, -0.2) is 35.4 Å². The Kier molecular flexibility index (Phi) is 8.16. The third-order valence-corrected chi connectivity index (χ3v) is 7.37. The fraction of sp³-hybridized carbons (Fsp3) is 0.296. The van der Waals surface area contributed by atoms with Crippen molar-refractivity contribution in [3.63, 3.8) is 0 Å². The van der Waals surface area contributed by atoms with Gasteiger partial charge in [-0.15, -0.1) is 10.2 Å². The number of ketones is 1. The number of carbonyl (C=O) groups is 1. The summed E-state index contributed by atoms with van der Waals surface area (Å²) in [5.74, 6) is 0.532. The number of carbonyl (C=O) groups excluding carboxylic acids is 1. The molecule has 0 fully saturated rings. The molecule has 10 nitrogen and oxygen atoms in total. The number of Topliss-reactive ketones (excluding diaryl/α,β-unsaturated/α-hetero) is 1. The molecule has 0 bridgehead atoms. The Labute approximate surface area is 224 Å². The van der Waals surface area contributed by atoms with Gasteiger partial charge in [0.05, 0.1) is 11.8 Å². The van der Waals surface area contributed by atoms with Crippen molar-refractivity contribution in [2.75, 3.05) is 11.5 Å². The quantitative estimate of drug-likeness (QED) is 0.243. The van der Waals surface area contributed by atoms with Crippen molar-refractivity contribution in [3.05, 3.63) is 98.0 Å². The van der Waals surface area contributed by atoms with Crippen LogP contribution in [0.15, 0.2) is 69.3 Å². The summed E-state index contributed by atoms with van der Waals surface area (Å²) in [6.07, 6.45) is 0.944. The molecule has 2 N–H and O–H groups in total. The maximum absolute atomic E-state index is 13.1. The standard InChI is InChI=1S/C27H30N6O4S/c1-5-18-11-13-20(14-12-18)37-15-22-29-30-26(33(22)17(2)19-9-7-6-8-10-19)38-16-21(34)23-24(28)31(3)27(36)32(4)25(23)35/h6-14,17H,5,15-16,28H2,1-4H3/t17-/m1/s1. The molecule has 11 heteroatoms. The van der Waals surface area contributed by atoms with Gasteiger partial charge < -0.3 is 10.5 Å². The highest BCUT2D eigenvalue weighted by molar-refractivity contribution is 7.99. The molecule has 2 aromatic carbocycles. The molecule has 38 heavy (non-hydrogen) atoms. The van der Waals surface area contributed by atoms with Crippen LogP contribution < -0.4 is 21.7 Å². The molecule has 0 unspecified atom stereocenters. The van der Waals surface area contributed by atoms with E-state index in [0.717, 1.165) is 38.6 Å². The molecule has 198 valence electrons. The second-order valence-corrected chi connectivity index (χ2v) is 9.76. The largest absolute Gasteiger partial charge is 0.486 e. The average Bonchev–Trinajstić information content (AvgIpc) is 3.35. The molecule has 0 amide bonds. The normalized spacial score (nSPS) is 11.9. The number of ether oxygens (including phenoxy) is 1. The minimum absolute atomic E-state index is 0.114. The Hall–Kier alpha value is -4.12. The number of aromatic nitrogens is 5. The Bertz CT molecular complexity index is 1560. The number of nitrogens with zero attached hydrogens (tertiary/aromatic N) is 5. The maximum Gasteiger partial charge on any atom is 0.332 e. The van der Waals surface area contributed by atoms with Gasteiger partial charge in [-0.2, -0.15) is 0 Å². The van der Waals surface area contributed by atoms with Crippen LogP contribution in [0.25, 0.3) is 0 Å². The van der Waals surface area contributed by atoms with E-state index in [1.807, 2.05) is 66.1 Å². The first-order chi connectivity index (χ1) is 18.2. The van der Waals surface area contributed by atoms with E-state index in [1.165, 1.54) is 19.7 Å².